The average molecular weight is 294 g/mol. The van der Waals surface area contributed by atoms with Crippen LogP contribution >= 0.6 is 11.3 Å². The highest BCUT2D eigenvalue weighted by atomic mass is 32.2. The Morgan fingerprint density at radius 1 is 1.47 bits per heavy atom. The normalized spacial score (nSPS) is 11.1. The van der Waals surface area contributed by atoms with Gasteiger partial charge in [-0.25, -0.2) is 18.1 Å². The first-order valence-electron chi connectivity index (χ1n) is 5.19. The van der Waals surface area contributed by atoms with E-state index < -0.39 is 10.0 Å². The summed E-state index contributed by atoms with van der Waals surface area (Å²) in [4.78, 5) is 3.94. The lowest BCUT2D eigenvalue weighted by atomic mass is 10.2. The highest BCUT2D eigenvalue weighted by molar-refractivity contribution is 7.89. The number of hydrogen-bond acceptors (Lipinski definition) is 6. The number of nitriles is 1. The molecular weight excluding hydrogens is 284 g/mol. The van der Waals surface area contributed by atoms with Crippen molar-refractivity contribution in [2.75, 3.05) is 5.73 Å². The van der Waals surface area contributed by atoms with Crippen LogP contribution in [0.1, 0.15) is 11.3 Å². The summed E-state index contributed by atoms with van der Waals surface area (Å²) in [6.07, 6.45) is 0. The molecule has 0 unspecified atom stereocenters. The van der Waals surface area contributed by atoms with Crippen molar-refractivity contribution in [3.8, 4) is 6.07 Å². The van der Waals surface area contributed by atoms with Crippen LogP contribution in [-0.4, -0.2) is 13.4 Å². The van der Waals surface area contributed by atoms with Gasteiger partial charge in [-0.1, -0.05) is 0 Å². The average Bonchev–Trinajstić information content (AvgIpc) is 2.89. The molecule has 1 aromatic carbocycles. The molecule has 98 valence electrons. The van der Waals surface area contributed by atoms with Crippen molar-refractivity contribution in [3.63, 3.8) is 0 Å². The fourth-order valence-electron chi connectivity index (χ4n) is 1.43. The van der Waals surface area contributed by atoms with Gasteiger partial charge in [0.1, 0.15) is 4.90 Å². The predicted molar refractivity (Wildman–Crippen MR) is 71.7 cm³/mol. The van der Waals surface area contributed by atoms with Gasteiger partial charge in [0.15, 0.2) is 0 Å². The Morgan fingerprint density at radius 3 is 2.84 bits per heavy atom. The van der Waals surface area contributed by atoms with Gasteiger partial charge >= 0.3 is 0 Å². The summed E-state index contributed by atoms with van der Waals surface area (Å²) in [5.74, 6) is 0. The number of aromatic nitrogens is 1. The molecule has 3 N–H and O–H groups in total. The zero-order chi connectivity index (χ0) is 13.9. The standard InChI is InChI=1S/C11H10N4O2S2/c12-4-8-1-2-11(10(13)3-8)19(16,17)15-5-9-6-18-7-14-9/h1-3,6-7,15H,5,13H2. The van der Waals surface area contributed by atoms with Crippen LogP contribution in [0, 0.1) is 11.3 Å². The summed E-state index contributed by atoms with van der Waals surface area (Å²) in [5, 5.41) is 10.5. The monoisotopic (exact) mass is 294 g/mol. The number of nitrogens with two attached hydrogens (primary N) is 1. The molecule has 0 saturated heterocycles. The van der Waals surface area contributed by atoms with E-state index in [0.29, 0.717) is 11.3 Å². The van der Waals surface area contributed by atoms with E-state index in [2.05, 4.69) is 9.71 Å². The van der Waals surface area contributed by atoms with Gasteiger partial charge < -0.3 is 5.73 Å². The first-order chi connectivity index (χ1) is 9.03. The van der Waals surface area contributed by atoms with E-state index in [1.807, 2.05) is 6.07 Å². The molecule has 0 fully saturated rings. The number of sulfonamides is 1. The maximum atomic E-state index is 12.0. The van der Waals surface area contributed by atoms with Crippen molar-refractivity contribution in [3.05, 3.63) is 40.3 Å². The number of nitrogens with one attached hydrogen (secondary N) is 1. The Bertz CT molecular complexity index is 718. The summed E-state index contributed by atoms with van der Waals surface area (Å²) in [6.45, 7) is 0.102. The van der Waals surface area contributed by atoms with Crippen LogP contribution < -0.4 is 10.5 Å². The van der Waals surface area contributed by atoms with E-state index in [4.69, 9.17) is 11.0 Å². The minimum absolute atomic E-state index is 0.0401. The van der Waals surface area contributed by atoms with Gasteiger partial charge in [-0.05, 0) is 18.2 Å². The first kappa shape index (κ1) is 13.5. The Kier molecular flexibility index (Phi) is 3.80. The lowest BCUT2D eigenvalue weighted by Crippen LogP contribution is -2.24. The number of nitrogens with zero attached hydrogens (tertiary/aromatic N) is 2. The van der Waals surface area contributed by atoms with Crippen molar-refractivity contribution < 1.29 is 8.42 Å². The number of anilines is 1. The Hall–Kier alpha value is -1.95. The Labute approximate surface area is 114 Å². The molecule has 0 atom stereocenters. The van der Waals surface area contributed by atoms with E-state index in [0.717, 1.165) is 0 Å². The largest absolute Gasteiger partial charge is 0.398 e. The van der Waals surface area contributed by atoms with Gasteiger partial charge in [-0.3, -0.25) is 0 Å². The summed E-state index contributed by atoms with van der Waals surface area (Å²) in [5.41, 5.74) is 8.27. The zero-order valence-electron chi connectivity index (χ0n) is 9.70. The van der Waals surface area contributed by atoms with Gasteiger partial charge in [-0.15, -0.1) is 11.3 Å². The molecule has 0 amide bonds. The lowest BCUT2D eigenvalue weighted by molar-refractivity contribution is 0.581. The van der Waals surface area contributed by atoms with Crippen LogP contribution in [0.25, 0.3) is 0 Å². The van der Waals surface area contributed by atoms with Gasteiger partial charge in [0.05, 0.1) is 35.1 Å². The van der Waals surface area contributed by atoms with Crippen LogP contribution in [0.4, 0.5) is 5.69 Å². The maximum Gasteiger partial charge on any atom is 0.242 e. The Morgan fingerprint density at radius 2 is 2.26 bits per heavy atom. The van der Waals surface area contributed by atoms with Gasteiger partial charge in [0, 0.05) is 5.38 Å². The molecule has 6 nitrogen and oxygen atoms in total. The molecule has 0 bridgehead atoms. The second-order valence-corrected chi connectivity index (χ2v) is 6.12. The minimum Gasteiger partial charge on any atom is -0.398 e. The van der Waals surface area contributed by atoms with Crippen molar-refractivity contribution in [2.45, 2.75) is 11.4 Å². The van der Waals surface area contributed by atoms with Crippen molar-refractivity contribution in [2.24, 2.45) is 0 Å². The van der Waals surface area contributed by atoms with E-state index >= 15 is 0 Å². The fraction of sp³-hybridized carbons (Fsp3) is 0.0909. The number of hydrogen-bond donors (Lipinski definition) is 2. The third-order valence-electron chi connectivity index (χ3n) is 2.36. The molecule has 2 aromatic rings. The van der Waals surface area contributed by atoms with Crippen molar-refractivity contribution in [1.29, 1.82) is 5.26 Å². The summed E-state index contributed by atoms with van der Waals surface area (Å²) in [6, 6.07) is 5.95. The second kappa shape index (κ2) is 5.36. The highest BCUT2D eigenvalue weighted by Gasteiger charge is 2.17. The molecule has 0 aliphatic heterocycles. The summed E-state index contributed by atoms with van der Waals surface area (Å²) < 4.78 is 26.5. The molecule has 0 aliphatic carbocycles. The SMILES string of the molecule is N#Cc1ccc(S(=O)(=O)NCc2cscn2)c(N)c1. The van der Waals surface area contributed by atoms with E-state index in [1.165, 1.54) is 29.5 Å². The Balaban J connectivity index is 2.22. The van der Waals surface area contributed by atoms with Crippen LogP contribution in [0.15, 0.2) is 34.0 Å². The smallest absolute Gasteiger partial charge is 0.242 e. The molecule has 0 spiro atoms. The molecule has 2 rings (SSSR count). The lowest BCUT2D eigenvalue weighted by Gasteiger charge is -2.08. The van der Waals surface area contributed by atoms with Crippen molar-refractivity contribution in [1.82, 2.24) is 9.71 Å². The van der Waals surface area contributed by atoms with Crippen LogP contribution in [0.2, 0.25) is 0 Å². The van der Waals surface area contributed by atoms with Gasteiger partial charge in [0.25, 0.3) is 0 Å². The summed E-state index contributed by atoms with van der Waals surface area (Å²) >= 11 is 1.39. The molecule has 1 aromatic heterocycles. The third-order valence-corrected chi connectivity index (χ3v) is 4.47. The minimum atomic E-state index is -3.71. The van der Waals surface area contributed by atoms with Crippen LogP contribution in [0.5, 0.6) is 0 Å². The number of thiazole rings is 1. The maximum absolute atomic E-state index is 12.0. The van der Waals surface area contributed by atoms with Gasteiger partial charge in [0.2, 0.25) is 10.0 Å². The fourth-order valence-corrected chi connectivity index (χ4v) is 3.10. The quantitative estimate of drug-likeness (QED) is 0.820. The second-order valence-electron chi connectivity index (χ2n) is 3.67. The zero-order valence-corrected chi connectivity index (χ0v) is 11.3. The first-order valence-corrected chi connectivity index (χ1v) is 7.62. The molecule has 1 heterocycles. The molecular formula is C11H10N4O2S2. The topological polar surface area (TPSA) is 109 Å². The number of rotatable bonds is 4. The molecule has 0 saturated carbocycles. The van der Waals surface area contributed by atoms with E-state index in [1.54, 1.807) is 10.9 Å². The van der Waals surface area contributed by atoms with Crippen LogP contribution in [-0.2, 0) is 16.6 Å². The number of benzene rings is 1. The number of nitrogen functional groups attached to an aromatic ring is 1. The van der Waals surface area contributed by atoms with Crippen molar-refractivity contribution >= 4 is 27.0 Å². The molecule has 0 radical (unpaired) electrons. The van der Waals surface area contributed by atoms with Crippen LogP contribution in [0.3, 0.4) is 0 Å². The van der Waals surface area contributed by atoms with E-state index in [9.17, 15) is 8.42 Å². The van der Waals surface area contributed by atoms with Gasteiger partial charge in [-0.2, -0.15) is 5.26 Å². The van der Waals surface area contributed by atoms with E-state index in [-0.39, 0.29) is 17.1 Å². The highest BCUT2D eigenvalue weighted by Crippen LogP contribution is 2.19. The predicted octanol–water partition coefficient (Wildman–Crippen LogP) is 1.08. The molecule has 8 heteroatoms. The third kappa shape index (κ3) is 3.08. The summed E-state index contributed by atoms with van der Waals surface area (Å²) in [7, 11) is -3.71. The molecule has 0 aliphatic rings. The molecule has 19 heavy (non-hydrogen) atoms.